The zero-order valence-electron chi connectivity index (χ0n) is 18.0. The minimum atomic E-state index is 0.165. The Morgan fingerprint density at radius 3 is 2.03 bits per heavy atom. The zero-order chi connectivity index (χ0) is 21.7. The van der Waals surface area contributed by atoms with Crippen molar-refractivity contribution in [2.45, 2.75) is 20.3 Å². The Morgan fingerprint density at radius 1 is 0.933 bits per heavy atom. The second-order valence-corrected chi connectivity index (χ2v) is 7.09. The number of aromatic nitrogens is 2. The minimum Gasteiger partial charge on any atom is -0.493 e. The standard InChI is InChI=1S/C23H29N5O2/c1-5-29-19-12-15(11-17-14-26-23(25)27-22(17)24)13-20(30-6-2)21(19)16-7-9-18(10-8-16)28(3)4/h7-10,12-14H,5-6,11H2,1-4H3,(H4,24,25,26,27). The fraction of sp³-hybridized carbons (Fsp3) is 0.304. The van der Waals surface area contributed by atoms with E-state index in [4.69, 9.17) is 20.9 Å². The average Bonchev–Trinajstić information content (AvgIpc) is 2.71. The van der Waals surface area contributed by atoms with Gasteiger partial charge in [-0.25, -0.2) is 4.98 Å². The van der Waals surface area contributed by atoms with Gasteiger partial charge in [0.25, 0.3) is 0 Å². The van der Waals surface area contributed by atoms with Crippen molar-refractivity contribution in [2.75, 3.05) is 43.7 Å². The quantitative estimate of drug-likeness (QED) is 0.586. The van der Waals surface area contributed by atoms with E-state index < -0.39 is 0 Å². The molecular formula is C23H29N5O2. The van der Waals surface area contributed by atoms with Gasteiger partial charge in [-0.2, -0.15) is 4.98 Å². The maximum atomic E-state index is 6.02. The van der Waals surface area contributed by atoms with Gasteiger partial charge in [0, 0.05) is 38.0 Å². The van der Waals surface area contributed by atoms with Gasteiger partial charge in [-0.1, -0.05) is 12.1 Å². The molecule has 0 aliphatic carbocycles. The smallest absolute Gasteiger partial charge is 0.221 e. The number of rotatable bonds is 8. The van der Waals surface area contributed by atoms with Crippen LogP contribution in [0.1, 0.15) is 25.0 Å². The number of hydrogen-bond acceptors (Lipinski definition) is 7. The van der Waals surface area contributed by atoms with Crippen molar-refractivity contribution in [2.24, 2.45) is 0 Å². The summed E-state index contributed by atoms with van der Waals surface area (Å²) in [7, 11) is 4.04. The molecule has 0 unspecified atom stereocenters. The van der Waals surface area contributed by atoms with E-state index >= 15 is 0 Å². The maximum Gasteiger partial charge on any atom is 0.221 e. The lowest BCUT2D eigenvalue weighted by molar-refractivity contribution is 0.325. The molecule has 1 aromatic heterocycles. The molecule has 0 radical (unpaired) electrons. The van der Waals surface area contributed by atoms with Crippen LogP contribution in [0.5, 0.6) is 11.5 Å². The van der Waals surface area contributed by atoms with Crippen molar-refractivity contribution < 1.29 is 9.47 Å². The molecular weight excluding hydrogens is 378 g/mol. The van der Waals surface area contributed by atoms with Gasteiger partial charge in [0.2, 0.25) is 5.95 Å². The summed E-state index contributed by atoms with van der Waals surface area (Å²) in [6, 6.07) is 12.4. The number of benzene rings is 2. The van der Waals surface area contributed by atoms with Gasteiger partial charge >= 0.3 is 0 Å². The topological polar surface area (TPSA) is 99.5 Å². The summed E-state index contributed by atoms with van der Waals surface area (Å²) in [5.74, 6) is 2.08. The third-order valence-electron chi connectivity index (χ3n) is 4.71. The average molecular weight is 408 g/mol. The van der Waals surface area contributed by atoms with Gasteiger partial charge in [0.05, 0.1) is 18.8 Å². The lowest BCUT2D eigenvalue weighted by Crippen LogP contribution is -2.08. The Morgan fingerprint density at radius 2 is 1.53 bits per heavy atom. The second kappa shape index (κ2) is 9.35. The first kappa shape index (κ1) is 21.2. The van der Waals surface area contributed by atoms with E-state index in [1.165, 1.54) is 0 Å². The van der Waals surface area contributed by atoms with Gasteiger partial charge in [0.1, 0.15) is 17.3 Å². The summed E-state index contributed by atoms with van der Waals surface area (Å²) >= 11 is 0. The normalized spacial score (nSPS) is 10.7. The molecule has 2 aromatic carbocycles. The van der Waals surface area contributed by atoms with Crippen LogP contribution in [0.25, 0.3) is 11.1 Å². The Hall–Kier alpha value is -3.48. The third kappa shape index (κ3) is 4.74. The highest BCUT2D eigenvalue weighted by atomic mass is 16.5. The van der Waals surface area contributed by atoms with Crippen molar-refractivity contribution in [1.82, 2.24) is 9.97 Å². The monoisotopic (exact) mass is 407 g/mol. The molecule has 0 bridgehead atoms. The molecule has 7 nitrogen and oxygen atoms in total. The molecule has 0 aliphatic rings. The fourth-order valence-electron chi connectivity index (χ4n) is 3.29. The summed E-state index contributed by atoms with van der Waals surface area (Å²) in [6.07, 6.45) is 2.21. The molecule has 158 valence electrons. The number of ether oxygens (including phenoxy) is 2. The van der Waals surface area contributed by atoms with E-state index in [2.05, 4.69) is 39.1 Å². The highest BCUT2D eigenvalue weighted by Gasteiger charge is 2.17. The second-order valence-electron chi connectivity index (χ2n) is 7.09. The van der Waals surface area contributed by atoms with Crippen molar-refractivity contribution in [3.63, 3.8) is 0 Å². The molecule has 0 saturated carbocycles. The van der Waals surface area contributed by atoms with E-state index in [1.807, 2.05) is 40.1 Å². The summed E-state index contributed by atoms with van der Waals surface area (Å²) in [5, 5.41) is 0. The summed E-state index contributed by atoms with van der Waals surface area (Å²) < 4.78 is 12.0. The third-order valence-corrected chi connectivity index (χ3v) is 4.71. The minimum absolute atomic E-state index is 0.165. The fourth-order valence-corrected chi connectivity index (χ4v) is 3.29. The van der Waals surface area contributed by atoms with E-state index in [0.717, 1.165) is 39.4 Å². The Bertz CT molecular complexity index is 976. The number of nitrogen functional groups attached to an aromatic ring is 2. The number of nitrogens with zero attached hydrogens (tertiary/aromatic N) is 3. The van der Waals surface area contributed by atoms with Crippen LogP contribution in [0.2, 0.25) is 0 Å². The first-order chi connectivity index (χ1) is 14.4. The molecule has 30 heavy (non-hydrogen) atoms. The van der Waals surface area contributed by atoms with E-state index in [1.54, 1.807) is 6.20 Å². The first-order valence-corrected chi connectivity index (χ1v) is 10.00. The molecule has 0 fully saturated rings. The number of anilines is 3. The number of nitrogens with two attached hydrogens (primary N) is 2. The SMILES string of the molecule is CCOc1cc(Cc2cnc(N)nc2N)cc(OCC)c1-c1ccc(N(C)C)cc1. The van der Waals surface area contributed by atoms with Gasteiger partial charge < -0.3 is 25.8 Å². The Labute approximate surface area is 177 Å². The molecule has 3 aromatic rings. The van der Waals surface area contributed by atoms with E-state index in [0.29, 0.717) is 25.5 Å². The van der Waals surface area contributed by atoms with Crippen LogP contribution in [0.4, 0.5) is 17.5 Å². The predicted octanol–water partition coefficient (Wildman–Crippen LogP) is 3.76. The van der Waals surface area contributed by atoms with Crippen LogP contribution in [-0.4, -0.2) is 37.3 Å². The molecule has 3 rings (SSSR count). The van der Waals surface area contributed by atoms with Crippen LogP contribution in [0.15, 0.2) is 42.6 Å². The van der Waals surface area contributed by atoms with Crippen molar-refractivity contribution in [3.05, 3.63) is 53.7 Å². The van der Waals surface area contributed by atoms with Crippen molar-refractivity contribution >= 4 is 17.5 Å². The van der Waals surface area contributed by atoms with Crippen molar-refractivity contribution in [1.29, 1.82) is 0 Å². The molecule has 1 heterocycles. The maximum absolute atomic E-state index is 6.02. The predicted molar refractivity (Wildman–Crippen MR) is 122 cm³/mol. The first-order valence-electron chi connectivity index (χ1n) is 10.00. The molecule has 0 spiro atoms. The Balaban J connectivity index is 2.07. The Kier molecular flexibility index (Phi) is 6.61. The van der Waals surface area contributed by atoms with Crippen LogP contribution in [0.3, 0.4) is 0 Å². The van der Waals surface area contributed by atoms with E-state index in [-0.39, 0.29) is 5.95 Å². The molecule has 4 N–H and O–H groups in total. The van der Waals surface area contributed by atoms with Crippen LogP contribution in [-0.2, 0) is 6.42 Å². The molecule has 0 atom stereocenters. The van der Waals surface area contributed by atoms with Gasteiger partial charge in [0.15, 0.2) is 0 Å². The summed E-state index contributed by atoms with van der Waals surface area (Å²) in [5.41, 5.74) is 16.5. The zero-order valence-corrected chi connectivity index (χ0v) is 18.0. The molecule has 7 heteroatoms. The van der Waals surface area contributed by atoms with Gasteiger partial charge in [-0.05, 0) is 49.2 Å². The number of hydrogen-bond donors (Lipinski definition) is 2. The van der Waals surface area contributed by atoms with Crippen LogP contribution >= 0.6 is 0 Å². The largest absolute Gasteiger partial charge is 0.493 e. The molecule has 0 aliphatic heterocycles. The van der Waals surface area contributed by atoms with Crippen molar-refractivity contribution in [3.8, 4) is 22.6 Å². The molecule has 0 saturated heterocycles. The van der Waals surface area contributed by atoms with Gasteiger partial charge in [-0.3, -0.25) is 0 Å². The lowest BCUT2D eigenvalue weighted by atomic mass is 9.98. The lowest BCUT2D eigenvalue weighted by Gasteiger charge is -2.19. The van der Waals surface area contributed by atoms with Gasteiger partial charge in [-0.15, -0.1) is 0 Å². The van der Waals surface area contributed by atoms with Crippen LogP contribution in [0, 0.1) is 0 Å². The highest BCUT2D eigenvalue weighted by molar-refractivity contribution is 5.78. The highest BCUT2D eigenvalue weighted by Crippen LogP contribution is 2.41. The summed E-state index contributed by atoms with van der Waals surface area (Å²) in [6.45, 7) is 5.03. The van der Waals surface area contributed by atoms with Crippen LogP contribution < -0.4 is 25.8 Å². The molecule has 0 amide bonds. The van der Waals surface area contributed by atoms with E-state index in [9.17, 15) is 0 Å². The summed E-state index contributed by atoms with van der Waals surface area (Å²) in [4.78, 5) is 10.2.